The Kier molecular flexibility index (Phi) is 6.42. The van der Waals surface area contributed by atoms with Crippen LogP contribution in [0.1, 0.15) is 47.0 Å². The van der Waals surface area contributed by atoms with E-state index in [2.05, 4.69) is 16.2 Å². The van der Waals surface area contributed by atoms with Crippen LogP contribution in [0.2, 0.25) is 0 Å². The molecule has 4 N–H and O–H groups in total. The molecule has 3 rings (SSSR count). The number of hydrogen-bond acceptors (Lipinski definition) is 4. The molecule has 8 nitrogen and oxygen atoms in total. The van der Waals surface area contributed by atoms with Gasteiger partial charge in [-0.05, 0) is 55.5 Å². The zero-order chi connectivity index (χ0) is 22.4. The van der Waals surface area contributed by atoms with Gasteiger partial charge in [-0.25, -0.2) is 4.79 Å². The van der Waals surface area contributed by atoms with Gasteiger partial charge < -0.3 is 10.4 Å². The van der Waals surface area contributed by atoms with Crippen LogP contribution in [0, 0.1) is 6.92 Å². The van der Waals surface area contributed by atoms with Crippen LogP contribution in [0.4, 0.5) is 5.69 Å². The van der Waals surface area contributed by atoms with Crippen molar-refractivity contribution in [2.45, 2.75) is 6.92 Å². The maximum atomic E-state index is 12.3. The van der Waals surface area contributed by atoms with Crippen molar-refractivity contribution in [1.29, 1.82) is 0 Å². The first kappa shape index (κ1) is 21.3. The van der Waals surface area contributed by atoms with Crippen molar-refractivity contribution >= 4 is 29.4 Å². The van der Waals surface area contributed by atoms with E-state index in [1.807, 2.05) is 13.0 Å². The van der Waals surface area contributed by atoms with Gasteiger partial charge in [0.15, 0.2) is 0 Å². The first-order chi connectivity index (χ1) is 14.8. The van der Waals surface area contributed by atoms with Crippen molar-refractivity contribution in [3.8, 4) is 0 Å². The normalized spacial score (nSPS) is 10.1. The number of carboxylic acids is 1. The summed E-state index contributed by atoms with van der Waals surface area (Å²) in [6.07, 6.45) is 0. The minimum absolute atomic E-state index is 0.0792. The Balaban J connectivity index is 1.60. The molecule has 0 unspecified atom stereocenters. The number of hydrogen-bond donors (Lipinski definition) is 4. The van der Waals surface area contributed by atoms with Crippen LogP contribution >= 0.6 is 0 Å². The van der Waals surface area contributed by atoms with Crippen molar-refractivity contribution in [2.24, 2.45) is 0 Å². The van der Waals surface area contributed by atoms with Crippen LogP contribution in [0.25, 0.3) is 0 Å². The summed E-state index contributed by atoms with van der Waals surface area (Å²) < 4.78 is 0. The topological polar surface area (TPSA) is 125 Å². The number of nitrogens with one attached hydrogen (secondary N) is 3. The van der Waals surface area contributed by atoms with Gasteiger partial charge >= 0.3 is 5.97 Å². The Bertz CT molecular complexity index is 1160. The fraction of sp³-hybridized carbons (Fsp3) is 0.0435. The Morgan fingerprint density at radius 3 is 1.97 bits per heavy atom. The zero-order valence-electron chi connectivity index (χ0n) is 16.5. The second-order valence-corrected chi connectivity index (χ2v) is 6.66. The lowest BCUT2D eigenvalue weighted by atomic mass is 10.1. The van der Waals surface area contributed by atoms with Crippen molar-refractivity contribution in [3.05, 3.63) is 101 Å². The van der Waals surface area contributed by atoms with Crippen molar-refractivity contribution < 1.29 is 24.3 Å². The lowest BCUT2D eigenvalue weighted by Gasteiger charge is -2.10. The minimum Gasteiger partial charge on any atom is -0.478 e. The smallest absolute Gasteiger partial charge is 0.336 e. The standard InChI is InChI=1S/C23H19N3O5/c1-14-5-4-6-16(13-14)20(27)24-17-11-9-15(10-12-17)21(28)25-26-22(29)18-7-2-3-8-19(18)23(30)31/h2-13H,1H3,(H,24,27)(H,25,28)(H,26,29)(H,30,31). The molecule has 156 valence electrons. The molecule has 0 fully saturated rings. The third-order valence-electron chi connectivity index (χ3n) is 4.38. The molecule has 31 heavy (non-hydrogen) atoms. The molecule has 0 bridgehead atoms. The van der Waals surface area contributed by atoms with E-state index < -0.39 is 17.8 Å². The molecule has 0 radical (unpaired) electrons. The fourth-order valence-electron chi connectivity index (χ4n) is 2.82. The molecular formula is C23H19N3O5. The molecule has 0 atom stereocenters. The number of anilines is 1. The summed E-state index contributed by atoms with van der Waals surface area (Å²) in [5, 5.41) is 11.9. The summed E-state index contributed by atoms with van der Waals surface area (Å²) in [6, 6.07) is 18.9. The van der Waals surface area contributed by atoms with Gasteiger partial charge in [0.1, 0.15) is 0 Å². The van der Waals surface area contributed by atoms with Gasteiger partial charge in [0.25, 0.3) is 17.7 Å². The van der Waals surface area contributed by atoms with Gasteiger partial charge in [-0.3, -0.25) is 25.2 Å². The zero-order valence-corrected chi connectivity index (χ0v) is 16.5. The molecule has 3 aromatic carbocycles. The summed E-state index contributed by atoms with van der Waals surface area (Å²) in [5.74, 6) is -2.88. The Morgan fingerprint density at radius 2 is 1.32 bits per heavy atom. The number of carboxylic acid groups (broad SMARTS) is 1. The Morgan fingerprint density at radius 1 is 0.677 bits per heavy atom. The minimum atomic E-state index is -1.25. The van der Waals surface area contributed by atoms with Crippen molar-refractivity contribution in [1.82, 2.24) is 10.9 Å². The van der Waals surface area contributed by atoms with E-state index in [1.54, 1.807) is 30.3 Å². The number of benzene rings is 3. The molecule has 0 saturated heterocycles. The number of carbonyl (C=O) groups excluding carboxylic acids is 3. The van der Waals surface area contributed by atoms with E-state index in [4.69, 9.17) is 5.11 Å². The van der Waals surface area contributed by atoms with Crippen molar-refractivity contribution in [3.63, 3.8) is 0 Å². The predicted molar refractivity (Wildman–Crippen MR) is 114 cm³/mol. The lowest BCUT2D eigenvalue weighted by molar-refractivity contribution is 0.0690. The molecule has 0 spiro atoms. The van der Waals surface area contributed by atoms with E-state index in [0.717, 1.165) is 5.56 Å². The van der Waals surface area contributed by atoms with Crippen LogP contribution < -0.4 is 16.2 Å². The molecule has 3 amide bonds. The number of carbonyl (C=O) groups is 4. The highest BCUT2D eigenvalue weighted by Gasteiger charge is 2.16. The average Bonchev–Trinajstić information content (AvgIpc) is 2.77. The largest absolute Gasteiger partial charge is 0.478 e. The molecule has 0 aliphatic rings. The summed E-state index contributed by atoms with van der Waals surface area (Å²) in [6.45, 7) is 1.89. The van der Waals surface area contributed by atoms with Crippen LogP contribution in [0.15, 0.2) is 72.8 Å². The quantitative estimate of drug-likeness (QED) is 0.475. The van der Waals surface area contributed by atoms with Gasteiger partial charge in [-0.2, -0.15) is 0 Å². The van der Waals surface area contributed by atoms with E-state index in [9.17, 15) is 19.2 Å². The van der Waals surface area contributed by atoms with E-state index >= 15 is 0 Å². The molecule has 0 aromatic heterocycles. The molecule has 0 aliphatic heterocycles. The van der Waals surface area contributed by atoms with E-state index in [-0.39, 0.29) is 22.6 Å². The number of hydrazine groups is 1. The molecule has 3 aromatic rings. The molecule has 8 heteroatoms. The van der Waals surface area contributed by atoms with Crippen LogP contribution in [-0.4, -0.2) is 28.8 Å². The Hall–Kier alpha value is -4.46. The number of rotatable bonds is 5. The average molecular weight is 417 g/mol. The maximum Gasteiger partial charge on any atom is 0.336 e. The number of aryl methyl sites for hydroxylation is 1. The van der Waals surface area contributed by atoms with Gasteiger partial charge in [0, 0.05) is 16.8 Å². The highest BCUT2D eigenvalue weighted by Crippen LogP contribution is 2.13. The summed E-state index contributed by atoms with van der Waals surface area (Å²) in [5.41, 5.74) is 6.40. The summed E-state index contributed by atoms with van der Waals surface area (Å²) >= 11 is 0. The second-order valence-electron chi connectivity index (χ2n) is 6.66. The van der Waals surface area contributed by atoms with Crippen LogP contribution in [0.5, 0.6) is 0 Å². The first-order valence-corrected chi connectivity index (χ1v) is 9.26. The Labute approximate surface area is 177 Å². The highest BCUT2D eigenvalue weighted by atomic mass is 16.4. The predicted octanol–water partition coefficient (Wildman–Crippen LogP) is 3.02. The van der Waals surface area contributed by atoms with Gasteiger partial charge in [0.05, 0.1) is 11.1 Å². The molecule has 0 aliphatic carbocycles. The SMILES string of the molecule is Cc1cccc(C(=O)Nc2ccc(C(=O)NNC(=O)c3ccccc3C(=O)O)cc2)c1. The maximum absolute atomic E-state index is 12.3. The third kappa shape index (κ3) is 5.33. The monoisotopic (exact) mass is 417 g/mol. The molecular weight excluding hydrogens is 398 g/mol. The summed E-state index contributed by atoms with van der Waals surface area (Å²) in [4.78, 5) is 48.0. The molecule has 0 saturated carbocycles. The number of amides is 3. The van der Waals surface area contributed by atoms with Crippen LogP contribution in [-0.2, 0) is 0 Å². The second kappa shape index (κ2) is 9.36. The third-order valence-corrected chi connectivity index (χ3v) is 4.38. The molecule has 0 heterocycles. The highest BCUT2D eigenvalue weighted by molar-refractivity contribution is 6.06. The van der Waals surface area contributed by atoms with Gasteiger partial charge in [0.2, 0.25) is 0 Å². The van der Waals surface area contributed by atoms with Gasteiger partial charge in [-0.15, -0.1) is 0 Å². The van der Waals surface area contributed by atoms with Crippen LogP contribution in [0.3, 0.4) is 0 Å². The van der Waals surface area contributed by atoms with Crippen molar-refractivity contribution in [2.75, 3.05) is 5.32 Å². The summed E-state index contributed by atoms with van der Waals surface area (Å²) in [7, 11) is 0. The van der Waals surface area contributed by atoms with E-state index in [0.29, 0.717) is 11.3 Å². The lowest BCUT2D eigenvalue weighted by Crippen LogP contribution is -2.42. The fourth-order valence-corrected chi connectivity index (χ4v) is 2.82. The van der Waals surface area contributed by atoms with Gasteiger partial charge in [-0.1, -0.05) is 29.8 Å². The number of aromatic carboxylic acids is 1. The first-order valence-electron chi connectivity index (χ1n) is 9.26. The van der Waals surface area contributed by atoms with E-state index in [1.165, 1.54) is 36.4 Å².